The molecule has 2 aromatic heterocycles. The average molecular weight is 338 g/mol. The molecule has 0 aliphatic carbocycles. The molecular weight excluding hydrogens is 324 g/mol. The SMILES string of the molecule is C=CCc1cc(OC)c2oc(=O)c3ccc(OC)c4oc(=O)c1c2c43. The van der Waals surface area contributed by atoms with Crippen LogP contribution in [0.4, 0.5) is 0 Å². The predicted molar refractivity (Wildman–Crippen MR) is 94.2 cm³/mol. The molecule has 0 N–H and O–H groups in total. The van der Waals surface area contributed by atoms with Crippen LogP contribution in [-0.4, -0.2) is 14.2 Å². The lowest BCUT2D eigenvalue weighted by atomic mass is 9.97. The van der Waals surface area contributed by atoms with Crippen LogP contribution in [0, 0.1) is 0 Å². The van der Waals surface area contributed by atoms with Crippen LogP contribution in [-0.2, 0) is 6.42 Å². The van der Waals surface area contributed by atoms with Gasteiger partial charge in [0, 0.05) is 10.8 Å². The molecule has 126 valence electrons. The molecule has 4 rings (SSSR count). The Kier molecular flexibility index (Phi) is 3.28. The normalized spacial score (nSPS) is 11.4. The number of allylic oxidation sites excluding steroid dienone is 1. The smallest absolute Gasteiger partial charge is 0.344 e. The number of methoxy groups -OCH3 is 2. The van der Waals surface area contributed by atoms with Crippen LogP contribution in [0.2, 0.25) is 0 Å². The Morgan fingerprint density at radius 1 is 0.960 bits per heavy atom. The summed E-state index contributed by atoms with van der Waals surface area (Å²) >= 11 is 0. The monoisotopic (exact) mass is 338 g/mol. The summed E-state index contributed by atoms with van der Waals surface area (Å²) in [5.74, 6) is 0.740. The van der Waals surface area contributed by atoms with Gasteiger partial charge in [0.15, 0.2) is 22.7 Å². The van der Waals surface area contributed by atoms with E-state index in [9.17, 15) is 9.59 Å². The fourth-order valence-electron chi connectivity index (χ4n) is 3.27. The molecule has 0 bridgehead atoms. The first-order valence-electron chi connectivity index (χ1n) is 7.61. The summed E-state index contributed by atoms with van der Waals surface area (Å²) < 4.78 is 21.6. The van der Waals surface area contributed by atoms with Crippen molar-refractivity contribution in [2.75, 3.05) is 14.2 Å². The van der Waals surface area contributed by atoms with Crippen molar-refractivity contribution >= 4 is 32.7 Å². The largest absolute Gasteiger partial charge is 0.493 e. The van der Waals surface area contributed by atoms with E-state index < -0.39 is 11.3 Å². The lowest BCUT2D eigenvalue weighted by Crippen LogP contribution is -2.09. The number of rotatable bonds is 4. The van der Waals surface area contributed by atoms with Crippen molar-refractivity contribution in [3.63, 3.8) is 0 Å². The van der Waals surface area contributed by atoms with Gasteiger partial charge < -0.3 is 18.3 Å². The quantitative estimate of drug-likeness (QED) is 0.323. The molecule has 0 atom stereocenters. The van der Waals surface area contributed by atoms with Gasteiger partial charge in [0.05, 0.1) is 25.0 Å². The molecule has 6 nitrogen and oxygen atoms in total. The van der Waals surface area contributed by atoms with Crippen LogP contribution in [0.5, 0.6) is 11.5 Å². The number of benzene rings is 2. The third kappa shape index (κ3) is 1.97. The Labute approximate surface area is 141 Å². The maximum Gasteiger partial charge on any atom is 0.344 e. The van der Waals surface area contributed by atoms with Gasteiger partial charge in [-0.25, -0.2) is 9.59 Å². The fraction of sp³-hybridized carbons (Fsp3) is 0.158. The fourth-order valence-corrected chi connectivity index (χ4v) is 3.27. The first kappa shape index (κ1) is 15.3. The van der Waals surface area contributed by atoms with Crippen LogP contribution in [0.1, 0.15) is 5.56 Å². The van der Waals surface area contributed by atoms with Gasteiger partial charge in [0.1, 0.15) is 0 Å². The molecule has 0 amide bonds. The zero-order valence-corrected chi connectivity index (χ0v) is 13.7. The third-order valence-electron chi connectivity index (χ3n) is 4.32. The van der Waals surface area contributed by atoms with E-state index >= 15 is 0 Å². The van der Waals surface area contributed by atoms with Gasteiger partial charge in [-0.2, -0.15) is 0 Å². The van der Waals surface area contributed by atoms with E-state index in [1.165, 1.54) is 14.2 Å². The maximum absolute atomic E-state index is 12.7. The van der Waals surface area contributed by atoms with Crippen molar-refractivity contribution in [1.82, 2.24) is 0 Å². The Morgan fingerprint density at radius 2 is 1.64 bits per heavy atom. The van der Waals surface area contributed by atoms with Crippen molar-refractivity contribution in [2.45, 2.75) is 6.42 Å². The predicted octanol–water partition coefficient (Wildman–Crippen LogP) is 3.24. The molecule has 0 aliphatic heterocycles. The molecule has 0 saturated carbocycles. The van der Waals surface area contributed by atoms with Crippen LogP contribution in [0.25, 0.3) is 32.7 Å². The van der Waals surface area contributed by atoms with E-state index in [0.717, 1.165) is 0 Å². The average Bonchev–Trinajstić information content (AvgIpc) is 2.61. The van der Waals surface area contributed by atoms with E-state index in [-0.39, 0.29) is 11.2 Å². The summed E-state index contributed by atoms with van der Waals surface area (Å²) in [6, 6.07) is 4.84. The summed E-state index contributed by atoms with van der Waals surface area (Å²) in [5.41, 5.74) is 0.0527. The summed E-state index contributed by atoms with van der Waals surface area (Å²) in [5, 5.41) is 1.65. The van der Waals surface area contributed by atoms with Crippen molar-refractivity contribution < 1.29 is 18.3 Å². The van der Waals surface area contributed by atoms with Gasteiger partial charge in [0.25, 0.3) is 0 Å². The van der Waals surface area contributed by atoms with E-state index in [4.69, 9.17) is 18.3 Å². The Morgan fingerprint density at radius 3 is 2.32 bits per heavy atom. The van der Waals surface area contributed by atoms with Crippen LogP contribution >= 0.6 is 0 Å². The Balaban J connectivity index is 2.42. The summed E-state index contributed by atoms with van der Waals surface area (Å²) in [4.78, 5) is 25.1. The zero-order valence-electron chi connectivity index (χ0n) is 13.7. The third-order valence-corrected chi connectivity index (χ3v) is 4.32. The molecule has 0 spiro atoms. The molecule has 6 heteroatoms. The second-order valence-electron chi connectivity index (χ2n) is 5.61. The second-order valence-corrected chi connectivity index (χ2v) is 5.61. The molecule has 2 aromatic carbocycles. The molecule has 4 aromatic rings. The Hall–Kier alpha value is -3.28. The van der Waals surface area contributed by atoms with Crippen LogP contribution < -0.4 is 20.7 Å². The first-order valence-corrected chi connectivity index (χ1v) is 7.61. The minimum atomic E-state index is -0.537. The Bertz CT molecular complexity index is 1240. The van der Waals surface area contributed by atoms with Gasteiger partial charge >= 0.3 is 11.3 Å². The lowest BCUT2D eigenvalue weighted by molar-refractivity contribution is 0.405. The van der Waals surface area contributed by atoms with Gasteiger partial charge in [-0.05, 0) is 30.2 Å². The minimum Gasteiger partial charge on any atom is -0.493 e. The van der Waals surface area contributed by atoms with Gasteiger partial charge in [0.2, 0.25) is 0 Å². The van der Waals surface area contributed by atoms with E-state index in [1.54, 1.807) is 24.3 Å². The lowest BCUT2D eigenvalue weighted by Gasteiger charge is -2.14. The maximum atomic E-state index is 12.7. The van der Waals surface area contributed by atoms with E-state index in [0.29, 0.717) is 45.0 Å². The summed E-state index contributed by atoms with van der Waals surface area (Å²) in [7, 11) is 2.95. The number of hydrogen-bond donors (Lipinski definition) is 0. The minimum absolute atomic E-state index is 0.216. The molecular formula is C19H14O6. The molecule has 0 unspecified atom stereocenters. The standard InChI is InChI=1S/C19H14O6/c1-4-5-9-8-12(23-3)17-15-13(9)19(21)25-16-11(22-2)7-6-10(14(15)16)18(20)24-17/h4,6-8H,1,5H2,2-3H3. The number of hydrogen-bond acceptors (Lipinski definition) is 6. The van der Waals surface area contributed by atoms with Crippen molar-refractivity contribution in [3.8, 4) is 11.5 Å². The zero-order chi connectivity index (χ0) is 17.7. The topological polar surface area (TPSA) is 78.9 Å². The highest BCUT2D eigenvalue weighted by molar-refractivity contribution is 6.21. The highest BCUT2D eigenvalue weighted by atomic mass is 16.5. The molecule has 0 radical (unpaired) electrons. The van der Waals surface area contributed by atoms with Crippen LogP contribution in [0.3, 0.4) is 0 Å². The summed E-state index contributed by atoms with van der Waals surface area (Å²) in [6.45, 7) is 3.72. The highest BCUT2D eigenvalue weighted by Crippen LogP contribution is 2.40. The molecule has 2 heterocycles. The van der Waals surface area contributed by atoms with Gasteiger partial charge in [-0.1, -0.05) is 6.08 Å². The van der Waals surface area contributed by atoms with Crippen molar-refractivity contribution in [3.05, 3.63) is 57.3 Å². The van der Waals surface area contributed by atoms with E-state index in [2.05, 4.69) is 6.58 Å². The molecule has 25 heavy (non-hydrogen) atoms. The van der Waals surface area contributed by atoms with Gasteiger partial charge in [-0.3, -0.25) is 0 Å². The summed E-state index contributed by atoms with van der Waals surface area (Å²) in [6.07, 6.45) is 2.12. The first-order chi connectivity index (χ1) is 12.1. The van der Waals surface area contributed by atoms with E-state index in [1.807, 2.05) is 0 Å². The second kappa shape index (κ2) is 5.37. The van der Waals surface area contributed by atoms with Crippen LogP contribution in [0.15, 0.2) is 49.3 Å². The number of ether oxygens (including phenoxy) is 2. The van der Waals surface area contributed by atoms with Crippen molar-refractivity contribution in [1.29, 1.82) is 0 Å². The molecule has 0 fully saturated rings. The van der Waals surface area contributed by atoms with Crippen molar-refractivity contribution in [2.24, 2.45) is 0 Å². The highest BCUT2D eigenvalue weighted by Gasteiger charge is 2.24. The molecule has 0 aliphatic rings. The van der Waals surface area contributed by atoms with Gasteiger partial charge in [-0.15, -0.1) is 6.58 Å². The molecule has 0 saturated heterocycles.